The molecular formula is C43H50FN3O8SSi. The van der Waals surface area contributed by atoms with Crippen LogP contribution in [-0.2, 0) is 23.7 Å². The molecule has 0 spiro atoms. The molecule has 1 aliphatic heterocycles. The zero-order chi connectivity index (χ0) is 41.0. The summed E-state index contributed by atoms with van der Waals surface area (Å²) < 4.78 is 68.7. The van der Waals surface area contributed by atoms with Gasteiger partial charge in [0.15, 0.2) is 20.7 Å². The summed E-state index contributed by atoms with van der Waals surface area (Å²) in [7, 11) is -6.47. The number of hydrogen-bond acceptors (Lipinski definition) is 9. The number of alkyl halides is 1. The second kappa shape index (κ2) is 16.9. The molecule has 2 N–H and O–H groups in total. The number of nitrogens with zero attached hydrogens (tertiary/aromatic N) is 1. The van der Waals surface area contributed by atoms with Crippen LogP contribution in [-0.4, -0.2) is 82.8 Å². The molecule has 0 bridgehead atoms. The van der Waals surface area contributed by atoms with Gasteiger partial charge in [0.05, 0.1) is 25.5 Å². The summed E-state index contributed by atoms with van der Waals surface area (Å²) in [5, 5.41) is 5.04. The van der Waals surface area contributed by atoms with Crippen molar-refractivity contribution < 1.29 is 41.0 Å². The predicted molar refractivity (Wildman–Crippen MR) is 219 cm³/mol. The third-order valence-electron chi connectivity index (χ3n) is 9.69. The van der Waals surface area contributed by atoms with E-state index in [2.05, 4.69) is 60.3 Å². The normalized spacial score (nSPS) is 16.8. The van der Waals surface area contributed by atoms with Crippen LogP contribution >= 0.6 is 0 Å². The summed E-state index contributed by atoms with van der Waals surface area (Å²) in [4.78, 5) is 21.3. The number of benzene rings is 3. The van der Waals surface area contributed by atoms with Gasteiger partial charge >= 0.3 is 0 Å². The van der Waals surface area contributed by atoms with Gasteiger partial charge in [0.2, 0.25) is 0 Å². The van der Waals surface area contributed by atoms with E-state index in [1.165, 1.54) is 18.3 Å². The van der Waals surface area contributed by atoms with Crippen molar-refractivity contribution in [3.8, 4) is 28.5 Å². The number of carbonyl (C=O) groups excluding carboxylic acids is 1. The van der Waals surface area contributed by atoms with E-state index in [4.69, 9.17) is 23.4 Å². The second-order valence-corrected chi connectivity index (χ2v) is 22.0. The molecule has 3 aromatic carbocycles. The van der Waals surface area contributed by atoms with Crippen molar-refractivity contribution in [3.63, 3.8) is 0 Å². The number of pyridine rings is 1. The van der Waals surface area contributed by atoms with Gasteiger partial charge in [0.25, 0.3) is 14.2 Å². The molecule has 0 radical (unpaired) electrons. The molecule has 6 rings (SSSR count). The molecule has 302 valence electrons. The van der Waals surface area contributed by atoms with E-state index in [-0.39, 0.29) is 40.6 Å². The van der Waals surface area contributed by atoms with Crippen molar-refractivity contribution in [1.29, 1.82) is 0 Å². The van der Waals surface area contributed by atoms with Crippen LogP contribution in [0.4, 0.5) is 4.39 Å². The number of aromatic amines is 1. The first kappa shape index (κ1) is 41.8. The molecule has 1 saturated heterocycles. The van der Waals surface area contributed by atoms with Crippen LogP contribution in [0, 0.1) is 0 Å². The third-order valence-corrected chi connectivity index (χ3v) is 15.7. The number of H-pyrrole nitrogens is 1. The Morgan fingerprint density at radius 1 is 0.965 bits per heavy atom. The van der Waals surface area contributed by atoms with Gasteiger partial charge in [-0.1, -0.05) is 81.4 Å². The number of amides is 1. The van der Waals surface area contributed by atoms with E-state index in [1.807, 2.05) is 50.2 Å². The smallest absolute Gasteiger partial charge is 0.268 e. The van der Waals surface area contributed by atoms with Crippen molar-refractivity contribution in [2.75, 3.05) is 26.1 Å². The number of nitrogens with one attached hydrogen (secondary N) is 2. The van der Waals surface area contributed by atoms with Crippen molar-refractivity contribution in [3.05, 3.63) is 115 Å². The summed E-state index contributed by atoms with van der Waals surface area (Å²) in [6.45, 7) is 11.6. The molecule has 0 saturated carbocycles. The lowest BCUT2D eigenvalue weighted by Crippen LogP contribution is -2.68. The fourth-order valence-electron chi connectivity index (χ4n) is 6.97. The van der Waals surface area contributed by atoms with Crippen LogP contribution in [0.25, 0.3) is 11.3 Å². The lowest BCUT2D eigenvalue weighted by Gasteiger charge is -2.44. The molecule has 5 aromatic rings. The highest BCUT2D eigenvalue weighted by atomic mass is 32.2. The van der Waals surface area contributed by atoms with Gasteiger partial charge in [0, 0.05) is 23.6 Å². The van der Waals surface area contributed by atoms with Gasteiger partial charge in [-0.25, -0.2) is 17.8 Å². The standard InChI is InChI=1S/C43H50FN3O8SSi/c1-29(25-44)53-32-22-30(23-33(24-32)54-31-18-21-40(45-26-31)56(7,49)50)36-19-20-37(46-36)41(48)47-38(39-28-51-43(5,6)55-39)27-52-57(42(2,3)4,34-14-10-8-11-15-34)35-16-12-9-13-17-35/h8-24,26,29,38-39,46H,25,27-28H2,1-7H3,(H,47,48)/t29-,38-,39-/m0/s1. The van der Waals surface area contributed by atoms with Gasteiger partial charge in [0.1, 0.15) is 41.8 Å². The van der Waals surface area contributed by atoms with Crippen molar-refractivity contribution in [2.45, 2.75) is 75.6 Å². The van der Waals surface area contributed by atoms with Gasteiger partial charge in [-0.3, -0.25) is 4.79 Å². The fraction of sp³-hybridized carbons (Fsp3) is 0.349. The highest BCUT2D eigenvalue weighted by Gasteiger charge is 2.51. The Balaban J connectivity index is 1.29. The number of rotatable bonds is 15. The first-order valence-electron chi connectivity index (χ1n) is 18.8. The van der Waals surface area contributed by atoms with Crippen LogP contribution in [0.5, 0.6) is 17.2 Å². The fourth-order valence-corrected chi connectivity index (χ4v) is 12.1. The number of carbonyl (C=O) groups is 1. The van der Waals surface area contributed by atoms with Crippen LogP contribution < -0.4 is 25.2 Å². The topological polar surface area (TPSA) is 138 Å². The zero-order valence-corrected chi connectivity index (χ0v) is 35.1. The van der Waals surface area contributed by atoms with Gasteiger partial charge < -0.3 is 33.7 Å². The summed E-state index contributed by atoms with van der Waals surface area (Å²) in [5.41, 5.74) is 1.44. The van der Waals surface area contributed by atoms with Crippen LogP contribution in [0.2, 0.25) is 5.04 Å². The molecule has 11 nitrogen and oxygen atoms in total. The molecule has 1 fully saturated rings. The maximum atomic E-state index is 14.1. The highest BCUT2D eigenvalue weighted by molar-refractivity contribution is 7.90. The molecule has 1 aliphatic rings. The average molecular weight is 816 g/mol. The second-order valence-electron chi connectivity index (χ2n) is 15.7. The largest absolute Gasteiger partial charge is 0.488 e. The lowest BCUT2D eigenvalue weighted by atomic mass is 10.1. The molecule has 0 aliphatic carbocycles. The third kappa shape index (κ3) is 9.82. The minimum atomic E-state index is -3.50. The quantitative estimate of drug-likeness (QED) is 0.109. The number of ether oxygens (including phenoxy) is 4. The zero-order valence-electron chi connectivity index (χ0n) is 33.2. The van der Waals surface area contributed by atoms with Crippen molar-refractivity contribution >= 4 is 34.4 Å². The van der Waals surface area contributed by atoms with E-state index < -0.39 is 48.9 Å². The van der Waals surface area contributed by atoms with E-state index in [0.717, 1.165) is 16.6 Å². The maximum absolute atomic E-state index is 14.1. The number of sulfone groups is 1. The van der Waals surface area contributed by atoms with Crippen LogP contribution in [0.3, 0.4) is 0 Å². The Bertz CT molecular complexity index is 2210. The van der Waals surface area contributed by atoms with Gasteiger partial charge in [-0.2, -0.15) is 0 Å². The minimum absolute atomic E-state index is 0.0888. The number of aromatic nitrogens is 2. The lowest BCUT2D eigenvalue weighted by molar-refractivity contribution is -0.142. The first-order valence-corrected chi connectivity index (χ1v) is 22.6. The summed E-state index contributed by atoms with van der Waals surface area (Å²) in [6.07, 6.45) is 1.15. The first-order chi connectivity index (χ1) is 27.0. The molecule has 1 amide bonds. The van der Waals surface area contributed by atoms with E-state index in [9.17, 15) is 17.6 Å². The Morgan fingerprint density at radius 2 is 1.61 bits per heavy atom. The van der Waals surface area contributed by atoms with Gasteiger partial charge in [-0.15, -0.1) is 0 Å². The number of halogens is 1. The van der Waals surface area contributed by atoms with Crippen LogP contribution in [0.15, 0.2) is 114 Å². The van der Waals surface area contributed by atoms with Crippen LogP contribution in [0.1, 0.15) is 52.0 Å². The monoisotopic (exact) mass is 815 g/mol. The number of hydrogen-bond donors (Lipinski definition) is 2. The Morgan fingerprint density at radius 3 is 2.16 bits per heavy atom. The van der Waals surface area contributed by atoms with E-state index >= 15 is 0 Å². The summed E-state index contributed by atoms with van der Waals surface area (Å²) in [6, 6.07) is 31.3. The average Bonchev–Trinajstić information content (AvgIpc) is 3.81. The highest BCUT2D eigenvalue weighted by Crippen LogP contribution is 2.38. The molecule has 3 heterocycles. The van der Waals surface area contributed by atoms with E-state index in [0.29, 0.717) is 22.8 Å². The molecule has 3 atom stereocenters. The Kier molecular flexibility index (Phi) is 12.4. The van der Waals surface area contributed by atoms with Crippen molar-refractivity contribution in [1.82, 2.24) is 15.3 Å². The molecular weight excluding hydrogens is 766 g/mol. The minimum Gasteiger partial charge on any atom is -0.488 e. The SMILES string of the molecule is C[C@@H](CF)Oc1cc(Oc2ccc(S(C)(=O)=O)nc2)cc(-c2ccc(C(=O)N[C@@H](CO[Si](c3ccccc3)(c3ccccc3)C(C)(C)C)[C@@H]3COC(C)(C)O3)[nH]2)c1. The van der Waals surface area contributed by atoms with E-state index in [1.54, 1.807) is 37.3 Å². The summed E-state index contributed by atoms with van der Waals surface area (Å²) >= 11 is 0. The summed E-state index contributed by atoms with van der Waals surface area (Å²) in [5.74, 6) is -0.288. The van der Waals surface area contributed by atoms with Gasteiger partial charge in [-0.05, 0) is 72.6 Å². The Hall–Kier alpha value is -4.86. The predicted octanol–water partition coefficient (Wildman–Crippen LogP) is 6.84. The molecule has 0 unspecified atom stereocenters. The Labute approximate surface area is 334 Å². The molecule has 57 heavy (non-hydrogen) atoms. The maximum Gasteiger partial charge on any atom is 0.268 e. The van der Waals surface area contributed by atoms with Crippen molar-refractivity contribution in [2.24, 2.45) is 0 Å². The molecule has 2 aromatic heterocycles. The molecule has 14 heteroatoms.